The number of carbonyl (C=O) groups is 1. The summed E-state index contributed by atoms with van der Waals surface area (Å²) >= 11 is 0.825. The number of nitrogens with zero attached hydrogens (tertiary/aromatic N) is 2. The number of halogens is 3. The van der Waals surface area contributed by atoms with Crippen molar-refractivity contribution >= 4 is 28.8 Å². The van der Waals surface area contributed by atoms with Crippen molar-refractivity contribution in [3.05, 3.63) is 24.0 Å². The number of carboxylic acids is 1. The predicted octanol–water partition coefficient (Wildman–Crippen LogP) is 2.62. The standard InChI is InChI=1S/C11H9F3N2O2S/c12-6-1-2-8-7(3-6)15-11(19-5-10(17)18)16(8)4-9(13)14/h1-3,9H,4-5H2,(H,17,18). The van der Waals surface area contributed by atoms with Gasteiger partial charge in [-0.15, -0.1) is 0 Å². The molecular formula is C11H9F3N2O2S. The van der Waals surface area contributed by atoms with Crippen LogP contribution < -0.4 is 0 Å². The lowest BCUT2D eigenvalue weighted by molar-refractivity contribution is -0.133. The minimum Gasteiger partial charge on any atom is -0.481 e. The molecule has 1 aromatic heterocycles. The Bertz CT molecular complexity index is 615. The van der Waals surface area contributed by atoms with Crippen molar-refractivity contribution < 1.29 is 23.1 Å². The number of aromatic nitrogens is 2. The van der Waals surface area contributed by atoms with E-state index in [0.717, 1.165) is 23.9 Å². The smallest absolute Gasteiger partial charge is 0.313 e. The summed E-state index contributed by atoms with van der Waals surface area (Å²) < 4.78 is 39.3. The van der Waals surface area contributed by atoms with Gasteiger partial charge in [0.1, 0.15) is 5.82 Å². The molecule has 1 aromatic carbocycles. The van der Waals surface area contributed by atoms with Crippen molar-refractivity contribution in [1.82, 2.24) is 9.55 Å². The largest absolute Gasteiger partial charge is 0.481 e. The molecule has 0 aliphatic carbocycles. The first-order valence-corrected chi connectivity index (χ1v) is 6.24. The number of aliphatic carboxylic acids is 1. The molecule has 0 unspecified atom stereocenters. The minimum atomic E-state index is -2.60. The molecule has 2 rings (SSSR count). The fraction of sp³-hybridized carbons (Fsp3) is 0.273. The van der Waals surface area contributed by atoms with Crippen LogP contribution in [-0.2, 0) is 11.3 Å². The number of fused-ring (bicyclic) bond motifs is 1. The van der Waals surface area contributed by atoms with Gasteiger partial charge in [-0.3, -0.25) is 4.79 Å². The third kappa shape index (κ3) is 3.19. The minimum absolute atomic E-state index is 0.142. The van der Waals surface area contributed by atoms with Crippen LogP contribution in [0.1, 0.15) is 0 Å². The van der Waals surface area contributed by atoms with Crippen molar-refractivity contribution in [3.63, 3.8) is 0 Å². The number of alkyl halides is 2. The summed E-state index contributed by atoms with van der Waals surface area (Å²) in [5.41, 5.74) is 0.586. The van der Waals surface area contributed by atoms with Crippen LogP contribution in [0.2, 0.25) is 0 Å². The van der Waals surface area contributed by atoms with Gasteiger partial charge in [0.25, 0.3) is 6.43 Å². The lowest BCUT2D eigenvalue weighted by Crippen LogP contribution is -2.09. The highest BCUT2D eigenvalue weighted by atomic mass is 32.2. The van der Waals surface area contributed by atoms with Gasteiger partial charge in [-0.25, -0.2) is 18.2 Å². The summed E-state index contributed by atoms with van der Waals surface area (Å²) in [6.45, 7) is -0.607. The highest BCUT2D eigenvalue weighted by molar-refractivity contribution is 7.99. The van der Waals surface area contributed by atoms with Crippen LogP contribution in [0, 0.1) is 5.82 Å². The zero-order valence-corrected chi connectivity index (χ0v) is 10.3. The Morgan fingerprint density at radius 1 is 1.47 bits per heavy atom. The fourth-order valence-electron chi connectivity index (χ4n) is 1.63. The first kappa shape index (κ1) is 13.7. The van der Waals surface area contributed by atoms with Crippen LogP contribution in [0.3, 0.4) is 0 Å². The lowest BCUT2D eigenvalue weighted by Gasteiger charge is -2.07. The Kier molecular flexibility index (Phi) is 3.98. The number of hydrogen-bond acceptors (Lipinski definition) is 3. The molecule has 0 amide bonds. The molecule has 0 aliphatic heterocycles. The molecule has 0 fully saturated rings. The quantitative estimate of drug-likeness (QED) is 0.860. The van der Waals surface area contributed by atoms with E-state index in [1.807, 2.05) is 0 Å². The van der Waals surface area contributed by atoms with Crippen molar-refractivity contribution in [2.24, 2.45) is 0 Å². The molecule has 2 aromatic rings. The van der Waals surface area contributed by atoms with E-state index in [1.165, 1.54) is 10.6 Å². The van der Waals surface area contributed by atoms with Gasteiger partial charge < -0.3 is 9.67 Å². The van der Waals surface area contributed by atoms with E-state index in [-0.39, 0.29) is 16.4 Å². The average Bonchev–Trinajstić information content (AvgIpc) is 2.63. The zero-order chi connectivity index (χ0) is 14.0. The summed E-state index contributed by atoms with van der Waals surface area (Å²) in [5.74, 6) is -1.90. The van der Waals surface area contributed by atoms with Crippen molar-refractivity contribution in [3.8, 4) is 0 Å². The van der Waals surface area contributed by atoms with Gasteiger partial charge in [0, 0.05) is 6.07 Å². The molecule has 0 bridgehead atoms. The second-order valence-corrected chi connectivity index (χ2v) is 4.65. The number of hydrogen-bond donors (Lipinski definition) is 1. The third-order valence-electron chi connectivity index (χ3n) is 2.32. The molecule has 0 radical (unpaired) electrons. The maximum Gasteiger partial charge on any atom is 0.313 e. The molecule has 0 aliphatic rings. The van der Waals surface area contributed by atoms with E-state index >= 15 is 0 Å². The van der Waals surface area contributed by atoms with E-state index in [2.05, 4.69) is 4.98 Å². The number of imidazole rings is 1. The second-order valence-electron chi connectivity index (χ2n) is 3.71. The van der Waals surface area contributed by atoms with Gasteiger partial charge in [-0.1, -0.05) is 11.8 Å². The molecule has 0 spiro atoms. The number of rotatable bonds is 5. The first-order chi connectivity index (χ1) is 8.97. The molecule has 19 heavy (non-hydrogen) atoms. The normalized spacial score (nSPS) is 11.4. The number of benzene rings is 1. The lowest BCUT2D eigenvalue weighted by atomic mass is 10.3. The van der Waals surface area contributed by atoms with Gasteiger partial charge in [0.05, 0.1) is 23.3 Å². The SMILES string of the molecule is O=C(O)CSc1nc2cc(F)ccc2n1CC(F)F. The van der Waals surface area contributed by atoms with Crippen molar-refractivity contribution in [2.45, 2.75) is 18.1 Å². The Morgan fingerprint density at radius 2 is 2.21 bits per heavy atom. The van der Waals surface area contributed by atoms with Crippen LogP contribution >= 0.6 is 11.8 Å². The Labute approximate surface area is 110 Å². The number of carboxylic acid groups (broad SMARTS) is 1. The van der Waals surface area contributed by atoms with Crippen LogP contribution in [0.5, 0.6) is 0 Å². The summed E-state index contributed by atoms with van der Waals surface area (Å²) in [5, 5.41) is 8.74. The molecule has 0 atom stereocenters. The van der Waals surface area contributed by atoms with Crippen molar-refractivity contribution in [1.29, 1.82) is 0 Å². The highest BCUT2D eigenvalue weighted by Gasteiger charge is 2.16. The summed E-state index contributed by atoms with van der Waals surface area (Å²) in [7, 11) is 0. The van der Waals surface area contributed by atoms with Crippen LogP contribution in [-0.4, -0.2) is 32.8 Å². The molecule has 1 heterocycles. The van der Waals surface area contributed by atoms with Gasteiger partial charge in [0.2, 0.25) is 0 Å². The molecule has 1 N–H and O–H groups in total. The van der Waals surface area contributed by atoms with Gasteiger partial charge >= 0.3 is 5.97 Å². The maximum atomic E-state index is 13.1. The topological polar surface area (TPSA) is 55.1 Å². The molecule has 0 saturated heterocycles. The van der Waals surface area contributed by atoms with E-state index in [0.29, 0.717) is 5.52 Å². The molecule has 0 saturated carbocycles. The van der Waals surface area contributed by atoms with E-state index in [1.54, 1.807) is 0 Å². The Balaban J connectivity index is 2.44. The highest BCUT2D eigenvalue weighted by Crippen LogP contribution is 2.25. The van der Waals surface area contributed by atoms with Gasteiger partial charge in [0.15, 0.2) is 5.16 Å². The van der Waals surface area contributed by atoms with Crippen LogP contribution in [0.25, 0.3) is 11.0 Å². The van der Waals surface area contributed by atoms with Crippen molar-refractivity contribution in [2.75, 3.05) is 5.75 Å². The van der Waals surface area contributed by atoms with E-state index in [4.69, 9.17) is 5.11 Å². The number of thioether (sulfide) groups is 1. The Hall–Kier alpha value is -1.70. The molecule has 8 heteroatoms. The van der Waals surface area contributed by atoms with Gasteiger partial charge in [-0.05, 0) is 12.1 Å². The summed E-state index contributed by atoms with van der Waals surface area (Å²) in [6.07, 6.45) is -2.60. The van der Waals surface area contributed by atoms with E-state index < -0.39 is 24.8 Å². The third-order valence-corrected chi connectivity index (χ3v) is 3.28. The fourth-order valence-corrected chi connectivity index (χ4v) is 2.38. The summed E-state index contributed by atoms with van der Waals surface area (Å²) in [4.78, 5) is 14.5. The monoisotopic (exact) mass is 290 g/mol. The second kappa shape index (κ2) is 5.52. The predicted molar refractivity (Wildman–Crippen MR) is 64.1 cm³/mol. The van der Waals surface area contributed by atoms with E-state index in [9.17, 15) is 18.0 Å². The molecular weight excluding hydrogens is 281 g/mol. The maximum absolute atomic E-state index is 13.1. The van der Waals surface area contributed by atoms with Gasteiger partial charge in [-0.2, -0.15) is 0 Å². The Morgan fingerprint density at radius 3 is 2.84 bits per heavy atom. The molecule has 102 valence electrons. The summed E-state index contributed by atoms with van der Waals surface area (Å²) in [6, 6.07) is 3.63. The first-order valence-electron chi connectivity index (χ1n) is 5.26. The zero-order valence-electron chi connectivity index (χ0n) is 9.52. The van der Waals surface area contributed by atoms with Crippen LogP contribution in [0.4, 0.5) is 13.2 Å². The molecule has 4 nitrogen and oxygen atoms in total. The average molecular weight is 290 g/mol. The van der Waals surface area contributed by atoms with Crippen LogP contribution in [0.15, 0.2) is 23.4 Å².